The molecule has 4 rings (SSSR count). The number of carbonyl (C=O) groups is 1. The molecule has 1 aliphatic carbocycles. The third-order valence-corrected chi connectivity index (χ3v) is 5.13. The summed E-state index contributed by atoms with van der Waals surface area (Å²) >= 11 is 1.28. The molecule has 126 valence electrons. The number of pyridine rings is 1. The van der Waals surface area contributed by atoms with E-state index in [0.717, 1.165) is 18.7 Å². The van der Waals surface area contributed by atoms with E-state index in [1.807, 2.05) is 6.07 Å². The average molecular weight is 351 g/mol. The van der Waals surface area contributed by atoms with E-state index in [-0.39, 0.29) is 5.91 Å². The summed E-state index contributed by atoms with van der Waals surface area (Å²) in [7, 11) is 2.05. The first-order valence-corrected chi connectivity index (χ1v) is 8.94. The molecule has 0 spiro atoms. The molecule has 1 aromatic carbocycles. The molecule has 0 saturated carbocycles. The Morgan fingerprint density at radius 3 is 2.92 bits per heavy atom. The zero-order chi connectivity index (χ0) is 17.2. The van der Waals surface area contributed by atoms with Crippen molar-refractivity contribution in [2.45, 2.75) is 18.9 Å². The van der Waals surface area contributed by atoms with Crippen LogP contribution in [0, 0.1) is 0 Å². The van der Waals surface area contributed by atoms with Gasteiger partial charge in [0.2, 0.25) is 5.13 Å². The van der Waals surface area contributed by atoms with Crippen LogP contribution in [0.25, 0.3) is 0 Å². The van der Waals surface area contributed by atoms with Gasteiger partial charge in [0.05, 0.1) is 11.6 Å². The molecule has 1 amide bonds. The lowest BCUT2D eigenvalue weighted by molar-refractivity contribution is 0.102. The highest BCUT2D eigenvalue weighted by Crippen LogP contribution is 2.36. The van der Waals surface area contributed by atoms with Crippen molar-refractivity contribution in [3.63, 3.8) is 0 Å². The number of aromatic nitrogens is 3. The number of anilines is 2. The number of rotatable bonds is 4. The van der Waals surface area contributed by atoms with Crippen LogP contribution in [0.15, 0.2) is 48.1 Å². The normalized spacial score (nSPS) is 15.6. The third kappa shape index (κ3) is 3.10. The number of fused-ring (bicyclic) bond motifs is 1. The number of carbonyl (C=O) groups excluding carboxylic acids is 1. The lowest BCUT2D eigenvalue weighted by Crippen LogP contribution is -2.23. The number of aryl methyl sites for hydroxylation is 1. The molecule has 2 aromatic heterocycles. The van der Waals surface area contributed by atoms with E-state index in [1.165, 1.54) is 22.5 Å². The standard InChI is InChI=1S/C18H17N5OS/c1-23(15-8-6-12-4-2-3-5-14(12)15)16-9-7-13(10-19-16)17(24)21-18-22-20-11-25-18/h2-5,7,9-11,15H,6,8H2,1H3,(H,21,22,24). The Morgan fingerprint density at radius 1 is 1.28 bits per heavy atom. The minimum absolute atomic E-state index is 0.232. The van der Waals surface area contributed by atoms with Gasteiger partial charge in [-0.3, -0.25) is 10.1 Å². The van der Waals surface area contributed by atoms with E-state index in [1.54, 1.807) is 17.8 Å². The molecule has 0 bridgehead atoms. The molecule has 0 radical (unpaired) electrons. The van der Waals surface area contributed by atoms with Crippen LogP contribution < -0.4 is 10.2 Å². The van der Waals surface area contributed by atoms with Crippen molar-refractivity contribution in [3.05, 3.63) is 64.8 Å². The first-order valence-electron chi connectivity index (χ1n) is 8.06. The van der Waals surface area contributed by atoms with Gasteiger partial charge in [0, 0.05) is 13.2 Å². The van der Waals surface area contributed by atoms with Crippen molar-refractivity contribution in [1.29, 1.82) is 0 Å². The summed E-state index contributed by atoms with van der Waals surface area (Å²) in [6, 6.07) is 12.5. The van der Waals surface area contributed by atoms with Gasteiger partial charge in [0.25, 0.3) is 5.91 Å². The summed E-state index contributed by atoms with van der Waals surface area (Å²) in [5.41, 5.74) is 4.85. The summed E-state index contributed by atoms with van der Waals surface area (Å²) in [5.74, 6) is 0.624. The first kappa shape index (κ1) is 15.7. The fourth-order valence-corrected chi connectivity index (χ4v) is 3.66. The van der Waals surface area contributed by atoms with E-state index in [4.69, 9.17) is 0 Å². The smallest absolute Gasteiger partial charge is 0.259 e. The minimum atomic E-state index is -0.232. The number of nitrogens with zero attached hydrogens (tertiary/aromatic N) is 4. The van der Waals surface area contributed by atoms with Crippen LogP contribution in [0.5, 0.6) is 0 Å². The molecule has 0 fully saturated rings. The molecule has 1 atom stereocenters. The molecule has 1 unspecified atom stereocenters. The van der Waals surface area contributed by atoms with Gasteiger partial charge in [-0.05, 0) is 36.1 Å². The second-order valence-electron chi connectivity index (χ2n) is 5.97. The number of nitrogens with one attached hydrogen (secondary N) is 1. The molecule has 7 heteroatoms. The quantitative estimate of drug-likeness (QED) is 0.781. The summed E-state index contributed by atoms with van der Waals surface area (Å²) in [4.78, 5) is 18.8. The van der Waals surface area contributed by atoms with Crippen molar-refractivity contribution in [3.8, 4) is 0 Å². The number of benzene rings is 1. The topological polar surface area (TPSA) is 71.0 Å². The van der Waals surface area contributed by atoms with Gasteiger partial charge in [-0.15, -0.1) is 10.2 Å². The summed E-state index contributed by atoms with van der Waals surface area (Å²) < 4.78 is 0. The van der Waals surface area contributed by atoms with Gasteiger partial charge >= 0.3 is 0 Å². The van der Waals surface area contributed by atoms with Crippen molar-refractivity contribution >= 4 is 28.2 Å². The predicted octanol–water partition coefficient (Wildman–Crippen LogP) is 3.31. The van der Waals surface area contributed by atoms with Crippen molar-refractivity contribution in [1.82, 2.24) is 15.2 Å². The van der Waals surface area contributed by atoms with Gasteiger partial charge in [0.1, 0.15) is 11.3 Å². The summed E-state index contributed by atoms with van der Waals surface area (Å²) in [6.07, 6.45) is 3.77. The minimum Gasteiger partial charge on any atom is -0.353 e. The van der Waals surface area contributed by atoms with Gasteiger partial charge in [0.15, 0.2) is 0 Å². The Hall–Kier alpha value is -2.80. The van der Waals surface area contributed by atoms with Crippen LogP contribution in [-0.2, 0) is 6.42 Å². The molecule has 2 heterocycles. The highest BCUT2D eigenvalue weighted by Gasteiger charge is 2.26. The molecule has 0 saturated heterocycles. The van der Waals surface area contributed by atoms with Gasteiger partial charge < -0.3 is 4.90 Å². The largest absolute Gasteiger partial charge is 0.353 e. The molecule has 1 aliphatic rings. The van der Waals surface area contributed by atoms with Crippen LogP contribution in [-0.4, -0.2) is 28.1 Å². The van der Waals surface area contributed by atoms with Crippen LogP contribution in [0.2, 0.25) is 0 Å². The summed E-state index contributed by atoms with van der Waals surface area (Å²) in [5, 5.41) is 10.7. The molecule has 0 aliphatic heterocycles. The zero-order valence-electron chi connectivity index (χ0n) is 13.7. The lowest BCUT2D eigenvalue weighted by atomic mass is 10.1. The maximum absolute atomic E-state index is 12.2. The molecule has 1 N–H and O–H groups in total. The van der Waals surface area contributed by atoms with Crippen molar-refractivity contribution in [2.24, 2.45) is 0 Å². The van der Waals surface area contributed by atoms with Crippen molar-refractivity contribution in [2.75, 3.05) is 17.3 Å². The van der Waals surface area contributed by atoms with Crippen LogP contribution >= 0.6 is 11.3 Å². The predicted molar refractivity (Wildman–Crippen MR) is 98.0 cm³/mol. The Bertz CT molecular complexity index is 879. The van der Waals surface area contributed by atoms with E-state index in [0.29, 0.717) is 16.7 Å². The zero-order valence-corrected chi connectivity index (χ0v) is 14.5. The fraction of sp³-hybridized carbons (Fsp3) is 0.222. The van der Waals surface area contributed by atoms with E-state index in [9.17, 15) is 4.79 Å². The second kappa shape index (κ2) is 6.60. The third-order valence-electron chi connectivity index (χ3n) is 4.52. The maximum atomic E-state index is 12.2. The highest BCUT2D eigenvalue weighted by atomic mass is 32.1. The monoisotopic (exact) mass is 351 g/mol. The van der Waals surface area contributed by atoms with E-state index < -0.39 is 0 Å². The number of hydrogen-bond donors (Lipinski definition) is 1. The Morgan fingerprint density at radius 2 is 2.16 bits per heavy atom. The van der Waals surface area contributed by atoms with Gasteiger partial charge in [-0.2, -0.15) is 0 Å². The average Bonchev–Trinajstić information content (AvgIpc) is 3.31. The van der Waals surface area contributed by atoms with Crippen LogP contribution in [0.3, 0.4) is 0 Å². The molecule has 25 heavy (non-hydrogen) atoms. The van der Waals surface area contributed by atoms with Gasteiger partial charge in [-0.25, -0.2) is 4.98 Å². The molecule has 6 nitrogen and oxygen atoms in total. The van der Waals surface area contributed by atoms with Crippen LogP contribution in [0.1, 0.15) is 33.9 Å². The molecular weight excluding hydrogens is 334 g/mol. The highest BCUT2D eigenvalue weighted by molar-refractivity contribution is 7.13. The Kier molecular flexibility index (Phi) is 4.15. The lowest BCUT2D eigenvalue weighted by Gasteiger charge is -2.26. The van der Waals surface area contributed by atoms with E-state index in [2.05, 4.69) is 56.7 Å². The Balaban J connectivity index is 1.49. The maximum Gasteiger partial charge on any atom is 0.259 e. The fourth-order valence-electron chi connectivity index (χ4n) is 3.22. The molecule has 3 aromatic rings. The molecular formula is C18H17N5OS. The SMILES string of the molecule is CN(c1ccc(C(=O)Nc2nncs2)cn1)C1CCc2ccccc21. The van der Waals surface area contributed by atoms with Gasteiger partial charge in [-0.1, -0.05) is 35.6 Å². The van der Waals surface area contributed by atoms with Crippen molar-refractivity contribution < 1.29 is 4.79 Å². The second-order valence-corrected chi connectivity index (χ2v) is 6.80. The first-order chi connectivity index (χ1) is 12.2. The summed E-state index contributed by atoms with van der Waals surface area (Å²) in [6.45, 7) is 0. The number of hydrogen-bond acceptors (Lipinski definition) is 6. The van der Waals surface area contributed by atoms with Crippen LogP contribution in [0.4, 0.5) is 10.9 Å². The Labute approximate surface area is 149 Å². The van der Waals surface area contributed by atoms with E-state index >= 15 is 0 Å². The number of amides is 1.